The van der Waals surface area contributed by atoms with Crippen LogP contribution in [0.4, 0.5) is 0 Å². The van der Waals surface area contributed by atoms with Crippen molar-refractivity contribution in [1.82, 2.24) is 0 Å². The Kier molecular flexibility index (Phi) is 5.16. The molecule has 2 aromatic carbocycles. The Morgan fingerprint density at radius 2 is 1.86 bits per heavy atom. The molecule has 2 rings (SSSR count). The van der Waals surface area contributed by atoms with Crippen LogP contribution in [0.1, 0.15) is 18.1 Å². The Morgan fingerprint density at radius 3 is 2.52 bits per heavy atom. The van der Waals surface area contributed by atoms with Gasteiger partial charge in [0.25, 0.3) is 0 Å². The molecule has 3 nitrogen and oxygen atoms in total. The number of benzene rings is 2. The van der Waals surface area contributed by atoms with E-state index in [9.17, 15) is 4.79 Å². The average molecular weight is 282 g/mol. The molecule has 0 radical (unpaired) electrons. The van der Waals surface area contributed by atoms with Crippen molar-refractivity contribution in [3.05, 3.63) is 65.7 Å². The van der Waals surface area contributed by atoms with Gasteiger partial charge in [0.15, 0.2) is 0 Å². The first kappa shape index (κ1) is 14.9. The van der Waals surface area contributed by atoms with Gasteiger partial charge in [0.2, 0.25) is 0 Å². The number of methoxy groups -OCH3 is 1. The van der Waals surface area contributed by atoms with E-state index < -0.39 is 0 Å². The molecule has 0 atom stereocenters. The van der Waals surface area contributed by atoms with Crippen LogP contribution in [0.15, 0.2) is 54.6 Å². The van der Waals surface area contributed by atoms with E-state index in [0.29, 0.717) is 0 Å². The Morgan fingerprint density at radius 1 is 1.10 bits per heavy atom. The molecule has 3 heteroatoms. The van der Waals surface area contributed by atoms with Crippen molar-refractivity contribution < 1.29 is 14.3 Å². The molecule has 0 aliphatic rings. The SMILES string of the molecule is CCc1cccc(Oc2ccc(C=CC(=O)OC)cc2)c1. The summed E-state index contributed by atoms with van der Waals surface area (Å²) in [5.74, 6) is 1.22. The summed E-state index contributed by atoms with van der Waals surface area (Å²) in [5.41, 5.74) is 2.15. The summed E-state index contributed by atoms with van der Waals surface area (Å²) in [5, 5.41) is 0. The van der Waals surface area contributed by atoms with Gasteiger partial charge < -0.3 is 9.47 Å². The number of rotatable bonds is 5. The number of carbonyl (C=O) groups is 1. The summed E-state index contributed by atoms with van der Waals surface area (Å²) in [4.78, 5) is 11.0. The lowest BCUT2D eigenvalue weighted by atomic mass is 10.1. The minimum absolute atomic E-state index is 0.369. The van der Waals surface area contributed by atoms with Gasteiger partial charge in [-0.15, -0.1) is 0 Å². The Bertz CT molecular complexity index is 627. The predicted molar refractivity (Wildman–Crippen MR) is 83.4 cm³/mol. The van der Waals surface area contributed by atoms with Gasteiger partial charge in [0.1, 0.15) is 11.5 Å². The Balaban J connectivity index is 2.05. The van der Waals surface area contributed by atoms with Gasteiger partial charge in [-0.1, -0.05) is 31.2 Å². The summed E-state index contributed by atoms with van der Waals surface area (Å²) < 4.78 is 10.4. The third-order valence-electron chi connectivity index (χ3n) is 3.04. The zero-order valence-corrected chi connectivity index (χ0v) is 12.2. The minimum atomic E-state index is -0.369. The molecule has 0 heterocycles. The summed E-state index contributed by atoms with van der Waals surface area (Å²) in [6.45, 7) is 2.11. The van der Waals surface area contributed by atoms with Crippen molar-refractivity contribution in [3.8, 4) is 11.5 Å². The summed E-state index contributed by atoms with van der Waals surface area (Å²) >= 11 is 0. The quantitative estimate of drug-likeness (QED) is 0.608. The highest BCUT2D eigenvalue weighted by Crippen LogP contribution is 2.23. The van der Waals surface area contributed by atoms with Gasteiger partial charge in [-0.2, -0.15) is 0 Å². The molecule has 0 saturated heterocycles. The lowest BCUT2D eigenvalue weighted by molar-refractivity contribution is -0.134. The van der Waals surface area contributed by atoms with Crippen molar-refractivity contribution in [3.63, 3.8) is 0 Å². The maximum Gasteiger partial charge on any atom is 0.330 e. The monoisotopic (exact) mass is 282 g/mol. The first-order valence-electron chi connectivity index (χ1n) is 6.84. The summed E-state index contributed by atoms with van der Waals surface area (Å²) in [6, 6.07) is 15.5. The molecule has 0 fully saturated rings. The lowest BCUT2D eigenvalue weighted by Gasteiger charge is -2.07. The Hall–Kier alpha value is -2.55. The van der Waals surface area contributed by atoms with Crippen molar-refractivity contribution in [2.75, 3.05) is 7.11 Å². The molecule has 0 amide bonds. The predicted octanol–water partition coefficient (Wildman–Crippen LogP) is 4.23. The zero-order chi connectivity index (χ0) is 15.1. The number of carbonyl (C=O) groups excluding carboxylic acids is 1. The van der Waals surface area contributed by atoms with Crippen LogP contribution in [-0.4, -0.2) is 13.1 Å². The van der Waals surface area contributed by atoms with E-state index in [0.717, 1.165) is 23.5 Å². The molecule has 0 N–H and O–H groups in total. The van der Waals surface area contributed by atoms with E-state index >= 15 is 0 Å². The molecule has 2 aromatic rings. The molecule has 0 bridgehead atoms. The van der Waals surface area contributed by atoms with Gasteiger partial charge in [-0.05, 0) is 47.9 Å². The van der Waals surface area contributed by atoms with Crippen LogP contribution in [0, 0.1) is 0 Å². The molecular weight excluding hydrogens is 264 g/mol. The molecule has 108 valence electrons. The highest BCUT2D eigenvalue weighted by Gasteiger charge is 1.99. The summed E-state index contributed by atoms with van der Waals surface area (Å²) in [6.07, 6.45) is 4.07. The summed E-state index contributed by atoms with van der Waals surface area (Å²) in [7, 11) is 1.36. The van der Waals surface area contributed by atoms with Gasteiger partial charge in [-0.3, -0.25) is 0 Å². The van der Waals surface area contributed by atoms with Crippen molar-refractivity contribution in [2.45, 2.75) is 13.3 Å². The molecule has 0 saturated carbocycles. The van der Waals surface area contributed by atoms with E-state index in [4.69, 9.17) is 4.74 Å². The largest absolute Gasteiger partial charge is 0.466 e. The van der Waals surface area contributed by atoms with Gasteiger partial charge in [0.05, 0.1) is 7.11 Å². The normalized spacial score (nSPS) is 10.6. The fraction of sp³-hybridized carbons (Fsp3) is 0.167. The first-order valence-corrected chi connectivity index (χ1v) is 6.84. The Labute approximate surface area is 124 Å². The second kappa shape index (κ2) is 7.29. The number of esters is 1. The van der Waals surface area contributed by atoms with E-state index in [-0.39, 0.29) is 5.97 Å². The van der Waals surface area contributed by atoms with Crippen LogP contribution in [-0.2, 0) is 16.0 Å². The second-order valence-corrected chi connectivity index (χ2v) is 4.53. The fourth-order valence-electron chi connectivity index (χ4n) is 1.84. The number of hydrogen-bond donors (Lipinski definition) is 0. The standard InChI is InChI=1S/C18H18O3/c1-3-14-5-4-6-17(13-14)21-16-10-7-15(8-11-16)9-12-18(19)20-2/h4-13H,3H2,1-2H3. The van der Waals surface area contributed by atoms with Crippen LogP contribution in [0.3, 0.4) is 0 Å². The van der Waals surface area contributed by atoms with Gasteiger partial charge in [0, 0.05) is 6.08 Å². The first-order chi connectivity index (χ1) is 10.2. The smallest absolute Gasteiger partial charge is 0.330 e. The highest BCUT2D eigenvalue weighted by atomic mass is 16.5. The van der Waals surface area contributed by atoms with Crippen LogP contribution in [0.2, 0.25) is 0 Å². The van der Waals surface area contributed by atoms with Gasteiger partial charge >= 0.3 is 5.97 Å². The van der Waals surface area contributed by atoms with Crippen molar-refractivity contribution >= 4 is 12.0 Å². The zero-order valence-electron chi connectivity index (χ0n) is 12.2. The van der Waals surface area contributed by atoms with Crippen molar-refractivity contribution in [2.24, 2.45) is 0 Å². The number of ether oxygens (including phenoxy) is 2. The lowest BCUT2D eigenvalue weighted by Crippen LogP contribution is -1.93. The van der Waals surface area contributed by atoms with Crippen molar-refractivity contribution in [1.29, 1.82) is 0 Å². The number of hydrogen-bond acceptors (Lipinski definition) is 3. The van der Waals surface area contributed by atoms with E-state index in [1.807, 2.05) is 42.5 Å². The highest BCUT2D eigenvalue weighted by molar-refractivity contribution is 5.86. The molecule has 0 unspecified atom stereocenters. The molecular formula is C18H18O3. The second-order valence-electron chi connectivity index (χ2n) is 4.53. The topological polar surface area (TPSA) is 35.5 Å². The van der Waals surface area contributed by atoms with Crippen LogP contribution < -0.4 is 4.74 Å². The van der Waals surface area contributed by atoms with E-state index in [1.165, 1.54) is 18.7 Å². The van der Waals surface area contributed by atoms with Gasteiger partial charge in [-0.25, -0.2) is 4.79 Å². The fourth-order valence-corrected chi connectivity index (χ4v) is 1.84. The maximum atomic E-state index is 11.0. The molecule has 0 aromatic heterocycles. The molecule has 0 spiro atoms. The minimum Gasteiger partial charge on any atom is -0.466 e. The van der Waals surface area contributed by atoms with E-state index in [2.05, 4.69) is 17.7 Å². The maximum absolute atomic E-state index is 11.0. The van der Waals surface area contributed by atoms with Crippen LogP contribution in [0.25, 0.3) is 6.08 Å². The molecule has 21 heavy (non-hydrogen) atoms. The average Bonchev–Trinajstić information content (AvgIpc) is 2.54. The molecule has 0 aliphatic carbocycles. The third-order valence-corrected chi connectivity index (χ3v) is 3.04. The number of aryl methyl sites for hydroxylation is 1. The van der Waals surface area contributed by atoms with Crippen LogP contribution in [0.5, 0.6) is 11.5 Å². The van der Waals surface area contributed by atoms with E-state index in [1.54, 1.807) is 6.08 Å². The third kappa shape index (κ3) is 4.49. The van der Waals surface area contributed by atoms with Crippen LogP contribution >= 0.6 is 0 Å². The molecule has 0 aliphatic heterocycles.